The monoisotopic (exact) mass is 410 g/mol. The van der Waals surface area contributed by atoms with Crippen molar-refractivity contribution in [3.05, 3.63) is 35.9 Å². The van der Waals surface area contributed by atoms with Crippen molar-refractivity contribution >= 4 is 18.0 Å². The Labute approximate surface area is 171 Å². The Morgan fingerprint density at radius 3 is 2.28 bits per heavy atom. The fourth-order valence-electron chi connectivity index (χ4n) is 2.22. The second-order valence-corrected chi connectivity index (χ2v) is 7.15. The molecule has 0 aliphatic heterocycles. The summed E-state index contributed by atoms with van der Waals surface area (Å²) in [4.78, 5) is 27.9. The summed E-state index contributed by atoms with van der Waals surface area (Å²) in [5.41, 5.74) is 0.140. The predicted octanol–water partition coefficient (Wildman–Crippen LogP) is 2.59. The van der Waals surface area contributed by atoms with Crippen LogP contribution in [0, 0.1) is 0 Å². The van der Waals surface area contributed by atoms with Gasteiger partial charge in [0.2, 0.25) is 5.90 Å². The summed E-state index contributed by atoms with van der Waals surface area (Å²) in [5.74, 6) is -1.07. The lowest BCUT2D eigenvalue weighted by molar-refractivity contribution is -0.137. The Hall–Kier alpha value is -2.65. The first-order valence-electron chi connectivity index (χ1n) is 9.12. The van der Waals surface area contributed by atoms with E-state index in [4.69, 9.17) is 18.9 Å². The highest BCUT2D eigenvalue weighted by molar-refractivity contribution is 5.89. The van der Waals surface area contributed by atoms with Crippen LogP contribution >= 0.6 is 0 Å². The van der Waals surface area contributed by atoms with Crippen LogP contribution in [0.5, 0.6) is 0 Å². The number of hydrogen-bond acceptors (Lipinski definition) is 7. The molecule has 0 spiro atoms. The molecule has 1 aromatic rings. The fourth-order valence-corrected chi connectivity index (χ4v) is 2.22. The molecular weight excluding hydrogens is 380 g/mol. The molecule has 0 bridgehead atoms. The Balaban J connectivity index is 2.93. The van der Waals surface area contributed by atoms with Gasteiger partial charge in [0.05, 0.1) is 13.0 Å². The number of carbonyl (C=O) groups is 2. The lowest BCUT2D eigenvalue weighted by Crippen LogP contribution is -2.46. The lowest BCUT2D eigenvalue weighted by Gasteiger charge is -2.27. The third-order valence-electron chi connectivity index (χ3n) is 3.51. The number of aliphatic carboxylic acids is 1. The Bertz CT molecular complexity index is 667. The van der Waals surface area contributed by atoms with Gasteiger partial charge < -0.3 is 29.4 Å². The molecular formula is C20H30N2O7. The van der Waals surface area contributed by atoms with E-state index in [0.29, 0.717) is 0 Å². The van der Waals surface area contributed by atoms with Crippen LogP contribution in [0.15, 0.2) is 35.3 Å². The zero-order valence-electron chi connectivity index (χ0n) is 17.5. The van der Waals surface area contributed by atoms with Gasteiger partial charge in [-0.2, -0.15) is 0 Å². The number of hydrogen-bond donors (Lipinski definition) is 2. The average molecular weight is 410 g/mol. The number of carboxylic acid groups (broad SMARTS) is 1. The number of carboxylic acids is 1. The van der Waals surface area contributed by atoms with Gasteiger partial charge in [-0.15, -0.1) is 0 Å². The van der Waals surface area contributed by atoms with Gasteiger partial charge >= 0.3 is 12.1 Å². The lowest BCUT2D eigenvalue weighted by atomic mass is 10.1. The molecule has 0 heterocycles. The summed E-state index contributed by atoms with van der Waals surface area (Å²) in [5, 5.41) is 11.8. The van der Waals surface area contributed by atoms with Crippen LogP contribution in [-0.4, -0.2) is 61.8 Å². The van der Waals surface area contributed by atoms with Crippen LogP contribution in [0.2, 0.25) is 0 Å². The number of benzene rings is 1. The van der Waals surface area contributed by atoms with Crippen LogP contribution in [0.4, 0.5) is 4.79 Å². The molecule has 162 valence electrons. The fraction of sp³-hybridized carbons (Fsp3) is 0.550. The summed E-state index contributed by atoms with van der Waals surface area (Å²) >= 11 is 0. The third-order valence-corrected chi connectivity index (χ3v) is 3.51. The second-order valence-electron chi connectivity index (χ2n) is 7.15. The van der Waals surface area contributed by atoms with E-state index in [9.17, 15) is 14.7 Å². The van der Waals surface area contributed by atoms with Crippen LogP contribution in [-0.2, 0) is 30.3 Å². The molecule has 0 unspecified atom stereocenters. The minimum atomic E-state index is -1.13. The van der Waals surface area contributed by atoms with Crippen molar-refractivity contribution in [2.24, 2.45) is 4.99 Å². The van der Waals surface area contributed by atoms with Crippen molar-refractivity contribution in [3.8, 4) is 0 Å². The number of aliphatic imine (C=N–C) groups is 1. The summed E-state index contributed by atoms with van der Waals surface area (Å²) in [6.45, 7) is 5.48. The first-order valence-corrected chi connectivity index (χ1v) is 9.12. The van der Waals surface area contributed by atoms with Gasteiger partial charge in [-0.3, -0.25) is 4.79 Å². The number of amides is 1. The van der Waals surface area contributed by atoms with Gasteiger partial charge in [-0.05, 0) is 26.3 Å². The number of alkyl carbamates (subject to hydrolysis) is 1. The van der Waals surface area contributed by atoms with Gasteiger partial charge in [0.15, 0.2) is 6.29 Å². The number of nitrogens with zero attached hydrogens (tertiary/aromatic N) is 1. The molecule has 9 nitrogen and oxygen atoms in total. The van der Waals surface area contributed by atoms with Crippen LogP contribution in [0.25, 0.3) is 0 Å². The largest absolute Gasteiger partial charge is 0.481 e. The highest BCUT2D eigenvalue weighted by Crippen LogP contribution is 2.13. The Morgan fingerprint density at radius 2 is 1.76 bits per heavy atom. The summed E-state index contributed by atoms with van der Waals surface area (Å²) in [6, 6.07) is 8.11. The van der Waals surface area contributed by atoms with Gasteiger partial charge in [-0.1, -0.05) is 30.3 Å². The molecule has 0 aliphatic rings. The van der Waals surface area contributed by atoms with E-state index in [-0.39, 0.29) is 19.0 Å². The van der Waals surface area contributed by atoms with Crippen LogP contribution in [0.3, 0.4) is 0 Å². The molecule has 0 saturated carbocycles. The number of methoxy groups -OCH3 is 2. The van der Waals surface area contributed by atoms with Crippen molar-refractivity contribution < 1.29 is 33.6 Å². The van der Waals surface area contributed by atoms with Crippen molar-refractivity contribution in [2.75, 3.05) is 20.8 Å². The van der Waals surface area contributed by atoms with Gasteiger partial charge in [0.25, 0.3) is 0 Å². The number of rotatable bonds is 10. The van der Waals surface area contributed by atoms with Crippen molar-refractivity contribution in [1.29, 1.82) is 0 Å². The predicted molar refractivity (Wildman–Crippen MR) is 107 cm³/mol. The van der Waals surface area contributed by atoms with Gasteiger partial charge in [0.1, 0.15) is 18.2 Å². The molecule has 9 heteroatoms. The molecule has 1 aromatic carbocycles. The highest BCUT2D eigenvalue weighted by Gasteiger charge is 2.28. The second kappa shape index (κ2) is 12.0. The first kappa shape index (κ1) is 24.4. The normalized spacial score (nSPS) is 13.1. The van der Waals surface area contributed by atoms with E-state index in [1.807, 2.05) is 30.3 Å². The van der Waals surface area contributed by atoms with Crippen molar-refractivity contribution in [1.82, 2.24) is 5.32 Å². The van der Waals surface area contributed by atoms with E-state index in [2.05, 4.69) is 10.3 Å². The first-order chi connectivity index (χ1) is 13.6. The molecule has 0 radical (unpaired) electrons. The molecule has 0 saturated heterocycles. The minimum Gasteiger partial charge on any atom is -0.481 e. The molecule has 1 atom stereocenters. The number of ether oxygens (including phenoxy) is 4. The molecule has 1 rings (SSSR count). The zero-order chi connectivity index (χ0) is 21.9. The van der Waals surface area contributed by atoms with E-state index in [0.717, 1.165) is 5.56 Å². The molecule has 0 fully saturated rings. The topological polar surface area (TPSA) is 116 Å². The zero-order valence-corrected chi connectivity index (χ0v) is 17.5. The molecule has 1 amide bonds. The van der Waals surface area contributed by atoms with Gasteiger partial charge in [0, 0.05) is 14.2 Å². The van der Waals surface area contributed by atoms with Crippen LogP contribution < -0.4 is 5.32 Å². The average Bonchev–Trinajstić information content (AvgIpc) is 2.65. The summed E-state index contributed by atoms with van der Waals surface area (Å²) in [6.07, 6.45) is -1.84. The van der Waals surface area contributed by atoms with E-state index >= 15 is 0 Å². The minimum absolute atomic E-state index is 0.0501. The van der Waals surface area contributed by atoms with E-state index in [1.54, 1.807) is 20.8 Å². The number of nitrogens with one attached hydrogen (secondary N) is 1. The third kappa shape index (κ3) is 10.5. The van der Waals surface area contributed by atoms with Crippen molar-refractivity contribution in [3.63, 3.8) is 0 Å². The van der Waals surface area contributed by atoms with Crippen LogP contribution in [0.1, 0.15) is 32.8 Å². The quantitative estimate of drug-likeness (QED) is 0.346. The highest BCUT2D eigenvalue weighted by atomic mass is 16.7. The van der Waals surface area contributed by atoms with E-state index in [1.165, 1.54) is 14.2 Å². The smallest absolute Gasteiger partial charge is 0.408 e. The Kier molecular flexibility index (Phi) is 10.1. The number of carbonyl (C=O) groups excluding carboxylic acids is 1. The summed E-state index contributed by atoms with van der Waals surface area (Å²) in [7, 11) is 2.92. The SMILES string of the molecule is COC(CN=C(OC(C)(C)C)[C@@H](CC(=O)O)NC(=O)OCc1ccccc1)OC. The van der Waals surface area contributed by atoms with Gasteiger partial charge in [-0.25, -0.2) is 9.79 Å². The molecule has 2 N–H and O–H groups in total. The maximum Gasteiger partial charge on any atom is 0.408 e. The molecule has 0 aliphatic carbocycles. The van der Waals surface area contributed by atoms with Crippen molar-refractivity contribution in [2.45, 2.75) is 51.7 Å². The Morgan fingerprint density at radius 1 is 1.14 bits per heavy atom. The standard InChI is InChI=1S/C20H30N2O7/c1-20(2,3)29-18(21-12-17(26-4)27-5)15(11-16(23)24)22-19(25)28-13-14-9-7-6-8-10-14/h6-10,15,17H,11-13H2,1-5H3,(H,22,25)(H,23,24)/t15-/m1/s1. The maximum absolute atomic E-state index is 12.2. The van der Waals surface area contributed by atoms with E-state index < -0.39 is 36.4 Å². The molecule has 0 aromatic heterocycles. The molecule has 29 heavy (non-hydrogen) atoms. The summed E-state index contributed by atoms with van der Waals surface area (Å²) < 4.78 is 21.2. The maximum atomic E-state index is 12.2.